The van der Waals surface area contributed by atoms with Crippen LogP contribution in [0.5, 0.6) is 0 Å². The Kier molecular flexibility index (Phi) is 4.01. The van der Waals surface area contributed by atoms with Gasteiger partial charge in [-0.25, -0.2) is 0 Å². The number of hydrogen-bond acceptors (Lipinski definition) is 2. The van der Waals surface area contributed by atoms with Crippen molar-refractivity contribution in [1.82, 2.24) is 10.3 Å². The second-order valence-electron chi connectivity index (χ2n) is 5.46. The summed E-state index contributed by atoms with van der Waals surface area (Å²) in [4.78, 5) is 15.4. The fourth-order valence-electron chi connectivity index (χ4n) is 2.91. The smallest absolute Gasteiger partial charge is 0.251 e. The van der Waals surface area contributed by atoms with E-state index in [1.807, 2.05) is 42.2 Å². The molecule has 1 aromatic heterocycles. The van der Waals surface area contributed by atoms with Gasteiger partial charge in [0.25, 0.3) is 5.91 Å². The summed E-state index contributed by atoms with van der Waals surface area (Å²) in [5, 5.41) is 5.04. The topological polar surface area (TPSA) is 44.9 Å². The molecule has 0 radical (unpaired) electrons. The molecule has 0 spiro atoms. The summed E-state index contributed by atoms with van der Waals surface area (Å²) in [5.41, 5.74) is 1.83. The van der Waals surface area contributed by atoms with E-state index in [1.165, 1.54) is 12.8 Å². The van der Waals surface area contributed by atoms with Crippen LogP contribution in [0.15, 0.2) is 30.5 Å². The van der Waals surface area contributed by atoms with Gasteiger partial charge in [-0.3, -0.25) is 4.79 Å². The number of amides is 1. The van der Waals surface area contributed by atoms with Crippen molar-refractivity contribution in [1.29, 1.82) is 0 Å². The Bertz CT molecular complexity index is 599. The van der Waals surface area contributed by atoms with Gasteiger partial charge >= 0.3 is 0 Å². The standard InChI is InChI=1S/C16H20N2OS/c1-20-14-5-3-13(4-6-14)18-16(19)12-2-7-15-11(10-12)8-9-17-15/h2,7-10,13-14,17H,3-6H2,1H3,(H,18,19). The predicted octanol–water partition coefficient (Wildman–Crippen LogP) is 3.57. The van der Waals surface area contributed by atoms with Crippen molar-refractivity contribution in [2.24, 2.45) is 0 Å². The van der Waals surface area contributed by atoms with Crippen LogP contribution < -0.4 is 5.32 Å². The third-order valence-corrected chi connectivity index (χ3v) is 5.30. The summed E-state index contributed by atoms with van der Waals surface area (Å²) in [5.74, 6) is 0.0562. The lowest BCUT2D eigenvalue weighted by atomic mass is 9.94. The lowest BCUT2D eigenvalue weighted by Crippen LogP contribution is -2.38. The van der Waals surface area contributed by atoms with E-state index in [4.69, 9.17) is 0 Å². The van der Waals surface area contributed by atoms with E-state index >= 15 is 0 Å². The summed E-state index contributed by atoms with van der Waals surface area (Å²) in [6.45, 7) is 0. The Morgan fingerprint density at radius 1 is 1.25 bits per heavy atom. The quantitative estimate of drug-likeness (QED) is 0.907. The van der Waals surface area contributed by atoms with Gasteiger partial charge in [0.05, 0.1) is 0 Å². The van der Waals surface area contributed by atoms with Crippen LogP contribution in [0.2, 0.25) is 0 Å². The molecule has 2 N–H and O–H groups in total. The molecule has 1 fully saturated rings. The maximum atomic E-state index is 12.3. The van der Waals surface area contributed by atoms with Crippen LogP contribution in [-0.4, -0.2) is 28.4 Å². The largest absolute Gasteiger partial charge is 0.361 e. The van der Waals surface area contributed by atoms with Crippen molar-refractivity contribution < 1.29 is 4.79 Å². The molecule has 1 aliphatic rings. The Morgan fingerprint density at radius 2 is 2.05 bits per heavy atom. The zero-order valence-corrected chi connectivity index (χ0v) is 12.5. The van der Waals surface area contributed by atoms with Crippen molar-refractivity contribution in [3.8, 4) is 0 Å². The van der Waals surface area contributed by atoms with E-state index in [0.29, 0.717) is 6.04 Å². The van der Waals surface area contributed by atoms with E-state index in [0.717, 1.165) is 34.6 Å². The second kappa shape index (κ2) is 5.92. The highest BCUT2D eigenvalue weighted by atomic mass is 32.2. The highest BCUT2D eigenvalue weighted by Crippen LogP contribution is 2.27. The molecule has 0 aliphatic heterocycles. The number of H-pyrrole nitrogens is 1. The number of benzene rings is 1. The number of aromatic nitrogens is 1. The molecule has 1 aromatic carbocycles. The molecule has 0 unspecified atom stereocenters. The van der Waals surface area contributed by atoms with E-state index in [1.54, 1.807) is 0 Å². The van der Waals surface area contributed by atoms with Gasteiger partial charge in [0.2, 0.25) is 0 Å². The van der Waals surface area contributed by atoms with Gasteiger partial charge in [0.1, 0.15) is 0 Å². The van der Waals surface area contributed by atoms with E-state index < -0.39 is 0 Å². The van der Waals surface area contributed by atoms with Gasteiger partial charge < -0.3 is 10.3 Å². The molecular weight excluding hydrogens is 268 g/mol. The maximum absolute atomic E-state index is 12.3. The molecule has 0 bridgehead atoms. The number of hydrogen-bond donors (Lipinski definition) is 2. The Labute approximate surface area is 123 Å². The number of nitrogens with one attached hydrogen (secondary N) is 2. The van der Waals surface area contributed by atoms with E-state index in [9.17, 15) is 4.79 Å². The van der Waals surface area contributed by atoms with Crippen LogP contribution in [0.1, 0.15) is 36.0 Å². The molecule has 3 nitrogen and oxygen atoms in total. The number of fused-ring (bicyclic) bond motifs is 1. The minimum Gasteiger partial charge on any atom is -0.361 e. The lowest BCUT2D eigenvalue weighted by Gasteiger charge is -2.28. The molecule has 1 heterocycles. The van der Waals surface area contributed by atoms with Crippen LogP contribution in [0.4, 0.5) is 0 Å². The minimum atomic E-state index is 0.0562. The average Bonchev–Trinajstić information content (AvgIpc) is 2.95. The zero-order chi connectivity index (χ0) is 13.9. The monoisotopic (exact) mass is 288 g/mol. The first-order valence-electron chi connectivity index (χ1n) is 7.17. The van der Waals surface area contributed by atoms with E-state index in [-0.39, 0.29) is 5.91 Å². The predicted molar refractivity (Wildman–Crippen MR) is 85.3 cm³/mol. The fourth-order valence-corrected chi connectivity index (χ4v) is 3.65. The fraction of sp³-hybridized carbons (Fsp3) is 0.438. The zero-order valence-electron chi connectivity index (χ0n) is 11.7. The number of carbonyl (C=O) groups excluding carboxylic acids is 1. The molecule has 1 amide bonds. The summed E-state index contributed by atoms with van der Waals surface area (Å²) >= 11 is 1.95. The Balaban J connectivity index is 1.64. The molecule has 1 aliphatic carbocycles. The summed E-state index contributed by atoms with van der Waals surface area (Å²) in [7, 11) is 0. The summed E-state index contributed by atoms with van der Waals surface area (Å²) in [6.07, 6.45) is 8.70. The lowest BCUT2D eigenvalue weighted by molar-refractivity contribution is 0.0928. The Hall–Kier alpha value is -1.42. The minimum absolute atomic E-state index is 0.0562. The van der Waals surface area contributed by atoms with Crippen LogP contribution >= 0.6 is 11.8 Å². The normalized spacial score (nSPS) is 22.9. The highest BCUT2D eigenvalue weighted by molar-refractivity contribution is 7.99. The molecule has 1 saturated carbocycles. The van der Waals surface area contributed by atoms with Crippen molar-refractivity contribution in [3.05, 3.63) is 36.0 Å². The van der Waals surface area contributed by atoms with Crippen molar-refractivity contribution >= 4 is 28.6 Å². The van der Waals surface area contributed by atoms with Crippen LogP contribution in [-0.2, 0) is 0 Å². The molecule has 20 heavy (non-hydrogen) atoms. The molecule has 0 saturated heterocycles. The third-order valence-electron chi connectivity index (χ3n) is 4.16. The number of carbonyl (C=O) groups is 1. The van der Waals surface area contributed by atoms with E-state index in [2.05, 4.69) is 16.6 Å². The SMILES string of the molecule is CSC1CCC(NC(=O)c2ccc3[nH]ccc3c2)CC1. The number of aromatic amines is 1. The maximum Gasteiger partial charge on any atom is 0.251 e. The van der Waals surface area contributed by atoms with Gasteiger partial charge in [0.15, 0.2) is 0 Å². The van der Waals surface area contributed by atoms with Crippen LogP contribution in [0, 0.1) is 0 Å². The third kappa shape index (κ3) is 2.85. The molecule has 3 rings (SSSR count). The van der Waals surface area contributed by atoms with Crippen molar-refractivity contribution in [2.45, 2.75) is 37.0 Å². The average molecular weight is 288 g/mol. The van der Waals surface area contributed by atoms with Crippen molar-refractivity contribution in [2.75, 3.05) is 6.26 Å². The molecule has 4 heteroatoms. The highest BCUT2D eigenvalue weighted by Gasteiger charge is 2.22. The second-order valence-corrected chi connectivity index (χ2v) is 6.60. The van der Waals surface area contributed by atoms with Crippen LogP contribution in [0.3, 0.4) is 0 Å². The van der Waals surface area contributed by atoms with Gasteiger partial charge in [-0.2, -0.15) is 11.8 Å². The number of thioether (sulfide) groups is 1. The Morgan fingerprint density at radius 3 is 2.80 bits per heavy atom. The van der Waals surface area contributed by atoms with Crippen molar-refractivity contribution in [3.63, 3.8) is 0 Å². The molecule has 106 valence electrons. The van der Waals surface area contributed by atoms with Crippen LogP contribution in [0.25, 0.3) is 10.9 Å². The molecule has 2 aromatic rings. The van der Waals surface area contributed by atoms with Gasteiger partial charge in [-0.05, 0) is 56.2 Å². The first kappa shape index (κ1) is 13.6. The first-order chi connectivity index (χ1) is 9.76. The molecular formula is C16H20N2OS. The summed E-state index contributed by atoms with van der Waals surface area (Å²) in [6, 6.07) is 8.15. The van der Waals surface area contributed by atoms with Gasteiger partial charge in [0, 0.05) is 34.0 Å². The number of rotatable bonds is 3. The summed E-state index contributed by atoms with van der Waals surface area (Å²) < 4.78 is 0. The first-order valence-corrected chi connectivity index (χ1v) is 8.46. The van der Waals surface area contributed by atoms with Gasteiger partial charge in [-0.15, -0.1) is 0 Å². The van der Waals surface area contributed by atoms with Gasteiger partial charge in [-0.1, -0.05) is 0 Å². The molecule has 0 atom stereocenters.